The van der Waals surface area contributed by atoms with Crippen LogP contribution >= 0.6 is 23.1 Å². The molecule has 0 N–H and O–H groups in total. The summed E-state index contributed by atoms with van der Waals surface area (Å²) >= 11 is 3.69. The molecule has 0 saturated heterocycles. The van der Waals surface area contributed by atoms with Crippen LogP contribution in [-0.4, -0.2) is 9.38 Å². The molecule has 0 spiro atoms. The number of para-hydroxylation sites is 2. The first-order valence-corrected chi connectivity index (χ1v) is 16.8. The summed E-state index contributed by atoms with van der Waals surface area (Å²) < 4.78 is 4.88. The van der Waals surface area contributed by atoms with Crippen molar-refractivity contribution in [2.45, 2.75) is 9.79 Å². The smallest absolute Gasteiger partial charge is 0.156 e. The van der Waals surface area contributed by atoms with E-state index in [1.54, 1.807) is 0 Å². The van der Waals surface area contributed by atoms with Gasteiger partial charge in [-0.1, -0.05) is 121 Å². The van der Waals surface area contributed by atoms with E-state index >= 15 is 0 Å². The van der Waals surface area contributed by atoms with Gasteiger partial charge in [-0.2, -0.15) is 0 Å². The van der Waals surface area contributed by atoms with Crippen LogP contribution in [0.1, 0.15) is 11.1 Å². The summed E-state index contributed by atoms with van der Waals surface area (Å²) in [5.41, 5.74) is 10.5. The number of nitrogens with zero attached hydrogens (tertiary/aromatic N) is 2. The Balaban J connectivity index is 1.19. The number of fused-ring (bicyclic) bond motifs is 11. The lowest BCUT2D eigenvalue weighted by atomic mass is 9.97. The van der Waals surface area contributed by atoms with Crippen LogP contribution in [0, 0.1) is 0 Å². The number of aromatic nitrogens is 2. The van der Waals surface area contributed by atoms with E-state index in [0.29, 0.717) is 0 Å². The number of benzene rings is 6. The van der Waals surface area contributed by atoms with E-state index < -0.39 is 0 Å². The zero-order chi connectivity index (χ0) is 29.5. The molecule has 0 saturated carbocycles. The molecule has 210 valence electrons. The zero-order valence-electron chi connectivity index (χ0n) is 24.1. The lowest BCUT2D eigenvalue weighted by Crippen LogP contribution is -1.93. The fourth-order valence-corrected chi connectivity index (χ4v) is 9.16. The Kier molecular flexibility index (Phi) is 5.41. The predicted molar refractivity (Wildman–Crippen MR) is 193 cm³/mol. The molecule has 3 aromatic heterocycles. The van der Waals surface area contributed by atoms with Crippen LogP contribution < -0.4 is 0 Å². The van der Waals surface area contributed by atoms with E-state index in [1.165, 1.54) is 68.6 Å². The van der Waals surface area contributed by atoms with E-state index in [4.69, 9.17) is 4.98 Å². The maximum Gasteiger partial charge on any atom is 0.156 e. The molecular weight excluding hydrogens is 585 g/mol. The summed E-state index contributed by atoms with van der Waals surface area (Å²) in [5, 5.41) is 5.14. The quantitative estimate of drug-likeness (QED) is 0.194. The monoisotopic (exact) mass is 608 g/mol. The number of imidazole rings is 1. The molecule has 0 atom stereocenters. The molecule has 0 radical (unpaired) electrons. The van der Waals surface area contributed by atoms with Crippen LogP contribution in [0.2, 0.25) is 0 Å². The van der Waals surface area contributed by atoms with Gasteiger partial charge < -0.3 is 0 Å². The van der Waals surface area contributed by atoms with Crippen molar-refractivity contribution in [1.82, 2.24) is 9.38 Å². The minimum atomic E-state index is 1.02. The van der Waals surface area contributed by atoms with Crippen LogP contribution in [0.3, 0.4) is 0 Å². The molecule has 4 heteroatoms. The van der Waals surface area contributed by atoms with Gasteiger partial charge in [-0.05, 0) is 75.0 Å². The van der Waals surface area contributed by atoms with Gasteiger partial charge >= 0.3 is 0 Å². The number of thiophene rings is 1. The average molecular weight is 609 g/mol. The molecule has 1 aliphatic heterocycles. The third-order valence-electron chi connectivity index (χ3n) is 9.03. The first-order chi connectivity index (χ1) is 22.3. The molecule has 9 aromatic rings. The van der Waals surface area contributed by atoms with Gasteiger partial charge in [0.1, 0.15) is 0 Å². The van der Waals surface area contributed by atoms with E-state index in [0.717, 1.165) is 22.4 Å². The average Bonchev–Trinajstić information content (AvgIpc) is 3.61. The molecule has 2 nitrogen and oxygen atoms in total. The summed E-state index contributed by atoms with van der Waals surface area (Å²) in [5.74, 6) is 0. The number of hydrogen-bond acceptors (Lipinski definition) is 3. The molecule has 0 unspecified atom stereocenters. The van der Waals surface area contributed by atoms with E-state index in [-0.39, 0.29) is 0 Å². The van der Waals surface area contributed by atoms with Gasteiger partial charge in [0.25, 0.3) is 0 Å². The van der Waals surface area contributed by atoms with E-state index in [2.05, 4.69) is 150 Å². The number of pyridine rings is 1. The second-order valence-corrected chi connectivity index (χ2v) is 13.7. The largest absolute Gasteiger partial charge is 0.291 e. The lowest BCUT2D eigenvalue weighted by Gasteiger charge is -2.13. The van der Waals surface area contributed by atoms with Crippen molar-refractivity contribution in [3.8, 4) is 22.4 Å². The number of hydrogen-bond donors (Lipinski definition) is 0. The Bertz CT molecular complexity index is 2670. The molecule has 0 aliphatic carbocycles. The van der Waals surface area contributed by atoms with Crippen molar-refractivity contribution in [1.29, 1.82) is 0 Å². The fourth-order valence-electron chi connectivity index (χ4n) is 6.91. The second-order valence-electron chi connectivity index (χ2n) is 11.6. The Hall–Kier alpha value is -5.16. The maximum atomic E-state index is 5.21. The summed E-state index contributed by atoms with van der Waals surface area (Å²) in [7, 11) is 0. The zero-order valence-corrected chi connectivity index (χ0v) is 25.7. The van der Waals surface area contributed by atoms with Crippen molar-refractivity contribution in [2.75, 3.05) is 0 Å². The van der Waals surface area contributed by atoms with E-state index in [1.807, 2.05) is 23.1 Å². The van der Waals surface area contributed by atoms with Gasteiger partial charge in [-0.25, -0.2) is 4.98 Å². The molecule has 6 aromatic carbocycles. The topological polar surface area (TPSA) is 17.3 Å². The van der Waals surface area contributed by atoms with Gasteiger partial charge in [-0.15, -0.1) is 11.3 Å². The van der Waals surface area contributed by atoms with Crippen molar-refractivity contribution in [3.05, 3.63) is 145 Å². The lowest BCUT2D eigenvalue weighted by molar-refractivity contribution is 1.25. The molecule has 0 bridgehead atoms. The molecule has 4 heterocycles. The van der Waals surface area contributed by atoms with Gasteiger partial charge in [-0.3, -0.25) is 4.40 Å². The van der Waals surface area contributed by atoms with Crippen molar-refractivity contribution in [3.63, 3.8) is 0 Å². The third-order valence-corrected chi connectivity index (χ3v) is 11.4. The molecule has 0 fully saturated rings. The van der Waals surface area contributed by atoms with Crippen LogP contribution in [0.15, 0.2) is 143 Å². The molecule has 0 amide bonds. The molecule has 10 rings (SSSR count). The minimum Gasteiger partial charge on any atom is -0.291 e. The first-order valence-electron chi connectivity index (χ1n) is 15.1. The summed E-state index contributed by atoms with van der Waals surface area (Å²) in [4.78, 5) is 7.78. The molecule has 45 heavy (non-hydrogen) atoms. The minimum absolute atomic E-state index is 1.02. The highest BCUT2D eigenvalue weighted by Crippen LogP contribution is 2.44. The highest BCUT2D eigenvalue weighted by Gasteiger charge is 2.19. The Morgan fingerprint density at radius 3 is 2.36 bits per heavy atom. The predicted octanol–water partition coefficient (Wildman–Crippen LogP) is 12.0. The highest BCUT2D eigenvalue weighted by molar-refractivity contribution is 7.99. The van der Waals surface area contributed by atoms with Crippen LogP contribution in [-0.2, 0) is 0 Å². The number of rotatable bonds is 2. The highest BCUT2D eigenvalue weighted by atomic mass is 32.2. The van der Waals surface area contributed by atoms with Gasteiger partial charge in [0.2, 0.25) is 0 Å². The van der Waals surface area contributed by atoms with Gasteiger partial charge in [0.05, 0.1) is 21.4 Å². The Morgan fingerprint density at radius 1 is 0.600 bits per heavy atom. The second kappa shape index (κ2) is 9.67. The third kappa shape index (κ3) is 3.80. The normalized spacial score (nSPS) is 12.7. The van der Waals surface area contributed by atoms with Crippen LogP contribution in [0.25, 0.3) is 82.2 Å². The van der Waals surface area contributed by atoms with Gasteiger partial charge in [0.15, 0.2) is 5.65 Å². The molecule has 1 aliphatic rings. The Labute approximate surface area is 267 Å². The first kappa shape index (κ1) is 25.2. The van der Waals surface area contributed by atoms with Crippen LogP contribution in [0.4, 0.5) is 0 Å². The van der Waals surface area contributed by atoms with Crippen molar-refractivity contribution in [2.24, 2.45) is 0 Å². The van der Waals surface area contributed by atoms with Gasteiger partial charge in [0, 0.05) is 25.3 Å². The molecular formula is C41H24N2S2. The van der Waals surface area contributed by atoms with E-state index in [9.17, 15) is 0 Å². The fraction of sp³-hybridized carbons (Fsp3) is 0. The Morgan fingerprint density at radius 2 is 1.40 bits per heavy atom. The van der Waals surface area contributed by atoms with Crippen LogP contribution in [0.5, 0.6) is 0 Å². The summed E-state index contributed by atoms with van der Waals surface area (Å²) in [6.45, 7) is 0. The maximum absolute atomic E-state index is 5.21. The van der Waals surface area contributed by atoms with Crippen molar-refractivity contribution >= 4 is 82.9 Å². The standard InChI is InChI=1S/C41H24N2S2/c1-3-10-30-25(8-1)21-23-38-39(30)32-24-35(43-34-13-5-4-12-33(34)42-41(43)40(32)45-38)27-18-16-26(17-19-27)29-11-7-15-37-31(29)22-20-28-9-2-6-14-36(28)44-37/h1-24H. The van der Waals surface area contributed by atoms with Crippen molar-refractivity contribution < 1.29 is 0 Å². The SMILES string of the molecule is C1=Cc2c(cccc2-c2ccc(-c3cc4c(sc5ccc6ccccc6c54)c4nc5ccccc5n34)cc2)Sc2ccccc21. The summed E-state index contributed by atoms with van der Waals surface area (Å²) in [6, 6.07) is 48.5. The summed E-state index contributed by atoms with van der Waals surface area (Å²) in [6.07, 6.45) is 4.52.